The normalized spacial score (nSPS) is 30.4. The summed E-state index contributed by atoms with van der Waals surface area (Å²) in [4.78, 5) is 64.8. The van der Waals surface area contributed by atoms with Crippen LogP contribution in [0.3, 0.4) is 0 Å². The Morgan fingerprint density at radius 1 is 0.804 bits per heavy atom. The summed E-state index contributed by atoms with van der Waals surface area (Å²) in [6, 6.07) is 0. The van der Waals surface area contributed by atoms with Crippen molar-refractivity contribution >= 4 is 79.6 Å². The van der Waals surface area contributed by atoms with Gasteiger partial charge in [0.15, 0.2) is 34.8 Å². The van der Waals surface area contributed by atoms with Gasteiger partial charge in [0.1, 0.15) is 36.6 Å². The maximum Gasteiger partial charge on any atom is 0.487 e. The van der Waals surface area contributed by atoms with Crippen LogP contribution < -0.4 is 22.6 Å². The topological polar surface area (TPSA) is 390 Å². The van der Waals surface area contributed by atoms with Crippen LogP contribution in [0.1, 0.15) is 12.5 Å². The zero-order valence-corrected chi connectivity index (χ0v) is 29.4. The number of ether oxygens (including phenoxy) is 2. The Morgan fingerprint density at radius 3 is 1.69 bits per heavy atom. The van der Waals surface area contributed by atoms with Gasteiger partial charge in [-0.1, -0.05) is 12.2 Å². The number of fused-ring (bicyclic) bond motifs is 2. The second-order valence-electron chi connectivity index (χ2n) is 10.8. The molecule has 2 aliphatic rings. The van der Waals surface area contributed by atoms with Crippen molar-refractivity contribution in [2.45, 2.75) is 49.1 Å². The Balaban J connectivity index is 1.04. The summed E-state index contributed by atoms with van der Waals surface area (Å²) in [7, 11) is -5.62. The number of nitrogen functional groups attached to an aromatic ring is 2. The van der Waals surface area contributed by atoms with Gasteiger partial charge in [-0.05, 0) is 11.8 Å². The second kappa shape index (κ2) is 13.9. The number of aromatic nitrogens is 8. The first-order valence-electron chi connectivity index (χ1n) is 13.9. The van der Waals surface area contributed by atoms with Crippen LogP contribution in [0.15, 0.2) is 22.2 Å². The molecule has 0 bridgehead atoms. The molecule has 4 aromatic heterocycles. The molecule has 2 fully saturated rings. The molecule has 280 valence electrons. The van der Waals surface area contributed by atoms with Crippen LogP contribution in [0.2, 0.25) is 0 Å². The zero-order valence-electron chi connectivity index (χ0n) is 25.0. The average molecular weight is 821 g/mol. The van der Waals surface area contributed by atoms with Crippen LogP contribution in [0, 0.1) is 0 Å². The minimum Gasteiger partial charge on any atom is -0.387 e. The standard InChI is InChI=1S/C20H27N10O16P3S2/c21-19-25-13-7(15(35)27-19)23-3-29(13)17-11(33)9(31)5(43-17)1-41-48(39,50)45-47(37,38)46-49(40,51)42-2-6-10(32)12(34)18(44-6)30-4-24-8-14(30)26-20(22)28-16(8)36/h3-6,9-12,17-18,31-34H,1-2H2,(H,37,38)(H,39,50)(H,40,51)(H3,21,25,27,35)(H3,22,26,28,36)/t5-,6-,9-,10-,11-,12-,17-,18-,48?,49?/m1/s1. The highest BCUT2D eigenvalue weighted by Gasteiger charge is 2.48. The number of phosphoric acid groups is 1. The largest absolute Gasteiger partial charge is 0.487 e. The maximum absolute atomic E-state index is 12.8. The van der Waals surface area contributed by atoms with E-state index in [9.17, 15) is 48.9 Å². The summed E-state index contributed by atoms with van der Waals surface area (Å²) in [5.74, 6) is -0.544. The number of anilines is 2. The van der Waals surface area contributed by atoms with Crippen molar-refractivity contribution in [2.75, 3.05) is 24.7 Å². The van der Waals surface area contributed by atoms with E-state index in [1.807, 2.05) is 0 Å². The van der Waals surface area contributed by atoms with Gasteiger partial charge in [0.05, 0.1) is 25.9 Å². The van der Waals surface area contributed by atoms with Crippen LogP contribution in [0.5, 0.6) is 0 Å². The van der Waals surface area contributed by atoms with Crippen LogP contribution in [0.25, 0.3) is 22.3 Å². The molecule has 51 heavy (non-hydrogen) atoms. The van der Waals surface area contributed by atoms with Crippen molar-refractivity contribution in [3.63, 3.8) is 0 Å². The number of hydrogen-bond donors (Lipinski definition) is 11. The highest BCUT2D eigenvalue weighted by atomic mass is 32.7. The van der Waals surface area contributed by atoms with Gasteiger partial charge in [0.2, 0.25) is 11.9 Å². The van der Waals surface area contributed by atoms with Gasteiger partial charge < -0.3 is 55.7 Å². The Bertz CT molecular complexity index is 2090. The van der Waals surface area contributed by atoms with E-state index in [0.29, 0.717) is 0 Å². The Labute approximate surface area is 291 Å². The van der Waals surface area contributed by atoms with Gasteiger partial charge in [-0.3, -0.25) is 33.2 Å². The molecule has 0 aromatic carbocycles. The van der Waals surface area contributed by atoms with Gasteiger partial charge in [-0.15, -0.1) is 0 Å². The third-order valence-electron chi connectivity index (χ3n) is 7.34. The van der Waals surface area contributed by atoms with E-state index in [4.69, 9.17) is 41.8 Å². The number of imidazole rings is 2. The fourth-order valence-corrected chi connectivity index (χ4v) is 10.6. The molecular weight excluding hydrogens is 793 g/mol. The lowest BCUT2D eigenvalue weighted by Gasteiger charge is -2.23. The second-order valence-corrected chi connectivity index (χ2v) is 18.3. The highest BCUT2D eigenvalue weighted by Crippen LogP contribution is 2.71. The Morgan fingerprint density at radius 2 is 1.24 bits per heavy atom. The van der Waals surface area contributed by atoms with E-state index in [2.05, 4.69) is 50.8 Å². The molecule has 6 heterocycles. The lowest BCUT2D eigenvalue weighted by Crippen LogP contribution is -2.33. The average Bonchev–Trinajstić information content (AvgIpc) is 3.76. The van der Waals surface area contributed by atoms with Crippen molar-refractivity contribution in [3.05, 3.63) is 33.4 Å². The van der Waals surface area contributed by atoms with Gasteiger partial charge in [0, 0.05) is 0 Å². The predicted molar refractivity (Wildman–Crippen MR) is 174 cm³/mol. The van der Waals surface area contributed by atoms with Crippen LogP contribution >= 0.6 is 33.6 Å². The van der Waals surface area contributed by atoms with E-state index < -0.39 is 94.8 Å². The van der Waals surface area contributed by atoms with Crippen LogP contribution in [0.4, 0.5) is 11.9 Å². The minimum absolute atomic E-state index is 0.0982. The molecule has 26 nitrogen and oxygen atoms in total. The van der Waals surface area contributed by atoms with Gasteiger partial charge in [-0.25, -0.2) is 23.4 Å². The molecule has 0 aliphatic carbocycles. The van der Waals surface area contributed by atoms with Crippen molar-refractivity contribution < 1.29 is 66.5 Å². The summed E-state index contributed by atoms with van der Waals surface area (Å²) in [5, 5.41) is 42.1. The quantitative estimate of drug-likeness (QED) is 0.0503. The number of nitrogens with one attached hydrogen (secondary N) is 2. The molecule has 2 saturated heterocycles. The fourth-order valence-electron chi connectivity index (χ4n) is 5.11. The maximum atomic E-state index is 12.8. The van der Waals surface area contributed by atoms with Crippen molar-refractivity contribution in [3.8, 4) is 0 Å². The van der Waals surface area contributed by atoms with Crippen LogP contribution in [-0.4, -0.2) is 119 Å². The van der Waals surface area contributed by atoms with E-state index >= 15 is 0 Å². The summed E-state index contributed by atoms with van der Waals surface area (Å²) in [6.45, 7) is -11.4. The van der Waals surface area contributed by atoms with E-state index in [0.717, 1.165) is 21.8 Å². The Hall–Kier alpha value is -2.72. The summed E-state index contributed by atoms with van der Waals surface area (Å²) in [6.07, 6.45) is -10.3. The summed E-state index contributed by atoms with van der Waals surface area (Å²) in [5.41, 5.74) is 9.25. The first-order valence-corrected chi connectivity index (χ1v) is 20.7. The third kappa shape index (κ3) is 7.83. The Kier molecular flexibility index (Phi) is 10.4. The van der Waals surface area contributed by atoms with Gasteiger partial charge in [-0.2, -0.15) is 14.3 Å². The molecular formula is C20H27N10O16P3S2. The molecule has 0 amide bonds. The monoisotopic (exact) mass is 820 g/mol. The van der Waals surface area contributed by atoms with Crippen molar-refractivity contribution in [2.24, 2.45) is 0 Å². The zero-order chi connectivity index (χ0) is 37.2. The SMILES string of the molecule is Nc1nc2c(ncn2[C@@H]2O[C@H](COP(=O)(S)OP(=O)(O)OP(O)(=S)OC[C@H]3O[C@@H](n4cnc5c(=O)[nH]c(N)nc54)[C@H](O)[C@@H]3O)[C@@H](O)[C@H]2O)c(=O)[nH]1. The molecule has 0 radical (unpaired) electrons. The number of rotatable bonds is 12. The number of thiol groups is 1. The van der Waals surface area contributed by atoms with Crippen LogP contribution in [-0.2, 0) is 48.1 Å². The van der Waals surface area contributed by atoms with Crippen molar-refractivity contribution in [1.29, 1.82) is 0 Å². The third-order valence-corrected chi connectivity index (χ3v) is 13.5. The number of nitrogens with zero attached hydrogens (tertiary/aromatic N) is 6. The summed E-state index contributed by atoms with van der Waals surface area (Å²) >= 11 is 8.31. The molecule has 0 spiro atoms. The number of aromatic amines is 2. The molecule has 3 unspecified atom stereocenters. The minimum atomic E-state index is -5.62. The molecule has 0 saturated carbocycles. The first-order chi connectivity index (χ1) is 23.8. The number of nitrogens with two attached hydrogens (primary N) is 2. The summed E-state index contributed by atoms with van der Waals surface area (Å²) < 4.78 is 57.7. The number of hydrogen-bond acceptors (Lipinski definition) is 21. The smallest absolute Gasteiger partial charge is 0.387 e. The lowest BCUT2D eigenvalue weighted by molar-refractivity contribution is -0.0488. The molecule has 31 heteroatoms. The number of aliphatic hydroxyl groups is 4. The molecule has 11 atom stereocenters. The predicted octanol–water partition coefficient (Wildman–Crippen LogP) is -2.92. The van der Waals surface area contributed by atoms with Gasteiger partial charge in [0.25, 0.3) is 11.1 Å². The van der Waals surface area contributed by atoms with E-state index in [1.165, 1.54) is 0 Å². The van der Waals surface area contributed by atoms with E-state index in [1.54, 1.807) is 0 Å². The van der Waals surface area contributed by atoms with Crippen molar-refractivity contribution in [1.82, 2.24) is 39.0 Å². The molecule has 6 rings (SSSR count). The van der Waals surface area contributed by atoms with Gasteiger partial charge >= 0.3 is 21.3 Å². The number of H-pyrrole nitrogens is 2. The highest BCUT2D eigenvalue weighted by molar-refractivity contribution is 8.45. The number of aliphatic hydroxyl groups excluding tert-OH is 4. The molecule has 12 N–H and O–H groups in total. The molecule has 4 aromatic rings. The van der Waals surface area contributed by atoms with E-state index in [-0.39, 0.29) is 34.2 Å². The lowest BCUT2D eigenvalue weighted by atomic mass is 10.1. The fraction of sp³-hybridized carbons (Fsp3) is 0.500. The first kappa shape index (κ1) is 38.0. The molecule has 2 aliphatic heterocycles.